The van der Waals surface area contributed by atoms with Gasteiger partial charge in [-0.15, -0.1) is 0 Å². The monoisotopic (exact) mass is 388 g/mol. The molecule has 1 saturated heterocycles. The van der Waals surface area contributed by atoms with Crippen molar-refractivity contribution >= 4 is 27.6 Å². The highest BCUT2D eigenvalue weighted by molar-refractivity contribution is 7.89. The molecule has 0 spiro atoms. The van der Waals surface area contributed by atoms with Crippen LogP contribution in [-0.4, -0.2) is 66.2 Å². The summed E-state index contributed by atoms with van der Waals surface area (Å²) in [6.45, 7) is 3.25. The van der Waals surface area contributed by atoms with E-state index in [4.69, 9.17) is 16.3 Å². The largest absolute Gasteiger partial charge is 0.384 e. The highest BCUT2D eigenvalue weighted by Gasteiger charge is 2.24. The lowest BCUT2D eigenvalue weighted by Gasteiger charge is -2.21. The average molecular weight is 389 g/mol. The first kappa shape index (κ1) is 20.0. The zero-order valence-corrected chi connectivity index (χ0v) is 16.1. The number of nitrogens with zero attached hydrogens (tertiary/aromatic N) is 2. The van der Waals surface area contributed by atoms with Gasteiger partial charge in [0.25, 0.3) is 0 Å². The number of ether oxygens (including phenoxy) is 1. The van der Waals surface area contributed by atoms with Crippen LogP contribution in [0.3, 0.4) is 0 Å². The van der Waals surface area contributed by atoms with Crippen LogP contribution in [-0.2, 0) is 14.8 Å². The first-order valence-electron chi connectivity index (χ1n) is 8.16. The second kappa shape index (κ2) is 9.38. The van der Waals surface area contributed by atoms with Crippen molar-refractivity contribution in [2.45, 2.75) is 11.3 Å². The Balaban J connectivity index is 1.80. The van der Waals surface area contributed by atoms with Gasteiger partial charge in [0.2, 0.25) is 10.0 Å². The first-order valence-corrected chi connectivity index (χ1v) is 10.0. The minimum absolute atomic E-state index is 0.159. The molecule has 1 fully saturated rings. The number of methoxy groups -OCH3 is 1. The summed E-state index contributed by atoms with van der Waals surface area (Å²) in [5.74, 6) is 1.28. The maximum absolute atomic E-state index is 12.2. The number of halogens is 1. The molecular weight excluding hydrogens is 364 g/mol. The summed E-state index contributed by atoms with van der Waals surface area (Å²) in [4.78, 5) is 6.58. The lowest BCUT2D eigenvalue weighted by Crippen LogP contribution is -2.43. The van der Waals surface area contributed by atoms with E-state index in [0.29, 0.717) is 17.5 Å². The molecule has 1 aromatic rings. The maximum Gasteiger partial charge on any atom is 0.240 e. The van der Waals surface area contributed by atoms with E-state index >= 15 is 0 Å². The van der Waals surface area contributed by atoms with Crippen LogP contribution in [0.5, 0.6) is 0 Å². The molecule has 1 aliphatic rings. The van der Waals surface area contributed by atoms with Crippen LogP contribution in [0.4, 0.5) is 0 Å². The van der Waals surface area contributed by atoms with Crippen LogP contribution >= 0.6 is 11.6 Å². The summed E-state index contributed by atoms with van der Waals surface area (Å²) < 4.78 is 32.2. The Morgan fingerprint density at radius 1 is 1.44 bits per heavy atom. The summed E-state index contributed by atoms with van der Waals surface area (Å²) in [5, 5.41) is 3.58. The predicted molar refractivity (Wildman–Crippen MR) is 99.6 cm³/mol. The number of likely N-dealkylation sites (tertiary alicyclic amines) is 1. The Morgan fingerprint density at radius 3 is 2.92 bits per heavy atom. The molecule has 1 unspecified atom stereocenters. The quantitative estimate of drug-likeness (QED) is 0.416. The molecule has 7 nitrogen and oxygen atoms in total. The number of nitrogens with one attached hydrogen (secondary N) is 2. The minimum atomic E-state index is -3.57. The number of sulfonamides is 1. The number of benzene rings is 1. The summed E-state index contributed by atoms with van der Waals surface area (Å²) in [7, 11) is -0.133. The molecular formula is C16H25ClN4O3S. The third-order valence-electron chi connectivity index (χ3n) is 4.01. The second-order valence-electron chi connectivity index (χ2n) is 5.89. The third kappa shape index (κ3) is 5.85. The van der Waals surface area contributed by atoms with E-state index in [1.54, 1.807) is 26.3 Å². The summed E-state index contributed by atoms with van der Waals surface area (Å²) in [6, 6.07) is 6.19. The fraction of sp³-hybridized carbons (Fsp3) is 0.562. The van der Waals surface area contributed by atoms with Gasteiger partial charge in [-0.1, -0.05) is 17.7 Å². The highest BCUT2D eigenvalue weighted by atomic mass is 35.5. The summed E-state index contributed by atoms with van der Waals surface area (Å²) in [6.07, 6.45) is 1.07. The maximum atomic E-state index is 12.2. The van der Waals surface area contributed by atoms with Gasteiger partial charge >= 0.3 is 0 Å². The molecule has 25 heavy (non-hydrogen) atoms. The molecule has 1 atom stereocenters. The molecule has 0 radical (unpaired) electrons. The number of hydrogen-bond acceptors (Lipinski definition) is 4. The van der Waals surface area contributed by atoms with E-state index < -0.39 is 10.0 Å². The Morgan fingerprint density at radius 2 is 2.24 bits per heavy atom. The fourth-order valence-electron chi connectivity index (χ4n) is 2.81. The van der Waals surface area contributed by atoms with Crippen molar-refractivity contribution in [3.8, 4) is 0 Å². The number of rotatable bonds is 7. The van der Waals surface area contributed by atoms with Crippen LogP contribution in [0.2, 0.25) is 5.02 Å². The predicted octanol–water partition coefficient (Wildman–Crippen LogP) is 1.16. The van der Waals surface area contributed by atoms with Gasteiger partial charge in [-0.3, -0.25) is 4.99 Å². The number of aliphatic imine (C=N–C) groups is 1. The smallest absolute Gasteiger partial charge is 0.240 e. The topological polar surface area (TPSA) is 83.0 Å². The van der Waals surface area contributed by atoms with Crippen LogP contribution < -0.4 is 10.0 Å². The van der Waals surface area contributed by atoms with Crippen LogP contribution in [0.1, 0.15) is 6.42 Å². The normalized spacial score (nSPS) is 18.6. The van der Waals surface area contributed by atoms with Crippen molar-refractivity contribution in [1.82, 2.24) is 14.9 Å². The molecule has 140 valence electrons. The molecule has 1 aromatic carbocycles. The molecule has 2 N–H and O–H groups in total. The van der Waals surface area contributed by atoms with E-state index in [1.807, 2.05) is 0 Å². The Kier molecular flexibility index (Phi) is 7.49. The van der Waals surface area contributed by atoms with Crippen molar-refractivity contribution in [2.24, 2.45) is 10.9 Å². The highest BCUT2D eigenvalue weighted by Crippen LogP contribution is 2.16. The second-order valence-corrected chi connectivity index (χ2v) is 8.09. The third-order valence-corrected chi connectivity index (χ3v) is 5.70. The van der Waals surface area contributed by atoms with Crippen LogP contribution in [0.15, 0.2) is 34.2 Å². The molecule has 0 bridgehead atoms. The number of hydrogen-bond donors (Lipinski definition) is 2. The van der Waals surface area contributed by atoms with Crippen molar-refractivity contribution in [3.63, 3.8) is 0 Å². The van der Waals surface area contributed by atoms with E-state index in [-0.39, 0.29) is 11.4 Å². The molecule has 0 saturated carbocycles. The van der Waals surface area contributed by atoms with Crippen molar-refractivity contribution in [2.75, 3.05) is 46.9 Å². The molecule has 2 rings (SSSR count). The Hall–Kier alpha value is -1.35. The average Bonchev–Trinajstić information content (AvgIpc) is 3.04. The van der Waals surface area contributed by atoms with Gasteiger partial charge in [-0.2, -0.15) is 0 Å². The molecule has 0 amide bonds. The molecule has 0 aromatic heterocycles. The van der Waals surface area contributed by atoms with Gasteiger partial charge < -0.3 is 15.0 Å². The fourth-order valence-corrected chi connectivity index (χ4v) is 4.14. The van der Waals surface area contributed by atoms with E-state index in [9.17, 15) is 8.42 Å². The van der Waals surface area contributed by atoms with Gasteiger partial charge in [0.15, 0.2) is 5.96 Å². The zero-order valence-electron chi connectivity index (χ0n) is 14.5. The lowest BCUT2D eigenvalue weighted by molar-refractivity contribution is 0.157. The summed E-state index contributed by atoms with van der Waals surface area (Å²) in [5.41, 5.74) is 0. The van der Waals surface area contributed by atoms with E-state index in [2.05, 4.69) is 19.9 Å². The van der Waals surface area contributed by atoms with Gasteiger partial charge in [-0.25, -0.2) is 13.1 Å². The van der Waals surface area contributed by atoms with Crippen molar-refractivity contribution in [1.29, 1.82) is 0 Å². The molecule has 1 heterocycles. The molecule has 9 heteroatoms. The van der Waals surface area contributed by atoms with Crippen molar-refractivity contribution in [3.05, 3.63) is 29.3 Å². The molecule has 0 aliphatic carbocycles. The standard InChI is InChI=1S/C16H25ClN4O3S/c1-18-16(21-9-6-13(11-21)12-24-2)19-7-8-20-25(22,23)15-5-3-4-14(17)10-15/h3-5,10,13,20H,6-9,11-12H2,1-2H3,(H,18,19). The van der Waals surface area contributed by atoms with E-state index in [1.165, 1.54) is 12.1 Å². The SMILES string of the molecule is CN=C(NCCNS(=O)(=O)c1cccc(Cl)c1)N1CCC(COC)C1. The lowest BCUT2D eigenvalue weighted by atomic mass is 10.1. The van der Waals surface area contributed by atoms with Crippen molar-refractivity contribution < 1.29 is 13.2 Å². The van der Waals surface area contributed by atoms with Gasteiger partial charge in [0.05, 0.1) is 11.5 Å². The zero-order chi connectivity index (χ0) is 18.3. The first-order chi connectivity index (χ1) is 12.0. The Bertz CT molecular complexity index is 696. The number of guanidine groups is 1. The van der Waals surface area contributed by atoms with Gasteiger partial charge in [0, 0.05) is 51.3 Å². The van der Waals surface area contributed by atoms with E-state index in [0.717, 1.165) is 32.1 Å². The van der Waals surface area contributed by atoms with Gasteiger partial charge in [0.1, 0.15) is 0 Å². The molecule has 1 aliphatic heterocycles. The Labute approximate surface area is 154 Å². The van der Waals surface area contributed by atoms with Crippen LogP contribution in [0, 0.1) is 5.92 Å². The minimum Gasteiger partial charge on any atom is -0.384 e. The van der Waals surface area contributed by atoms with Crippen LogP contribution in [0.25, 0.3) is 0 Å². The summed E-state index contributed by atoms with van der Waals surface area (Å²) >= 11 is 5.84. The van der Waals surface area contributed by atoms with Gasteiger partial charge in [-0.05, 0) is 24.6 Å².